The molecule has 1 aromatic carbocycles. The van der Waals surface area contributed by atoms with Crippen LogP contribution in [0.15, 0.2) is 29.4 Å². The molecule has 0 spiro atoms. The summed E-state index contributed by atoms with van der Waals surface area (Å²) in [5, 5.41) is 7.39. The second-order valence-electron chi connectivity index (χ2n) is 8.50. The number of nitrogens with one attached hydrogen (secondary N) is 2. The first-order chi connectivity index (χ1) is 13.0. The highest BCUT2D eigenvalue weighted by molar-refractivity contribution is 14.1. The van der Waals surface area contributed by atoms with Gasteiger partial charge >= 0.3 is 0 Å². The van der Waals surface area contributed by atoms with Crippen LogP contribution in [0.3, 0.4) is 0 Å². The van der Waals surface area contributed by atoms with Gasteiger partial charge in [-0.15, -0.1) is 0 Å². The van der Waals surface area contributed by atoms with E-state index >= 15 is 0 Å². The zero-order chi connectivity index (χ0) is 19.0. The molecule has 0 atom stereocenters. The molecule has 0 heterocycles. The summed E-state index contributed by atoms with van der Waals surface area (Å²) in [5.41, 5.74) is 3.74. The maximum Gasteiger partial charge on any atom is 0.271 e. The van der Waals surface area contributed by atoms with Crippen LogP contribution in [0.1, 0.15) is 55.8 Å². The van der Waals surface area contributed by atoms with Crippen molar-refractivity contribution in [2.75, 3.05) is 0 Å². The molecule has 144 valence electrons. The van der Waals surface area contributed by atoms with Gasteiger partial charge in [0, 0.05) is 20.9 Å². The number of benzene rings is 1. The van der Waals surface area contributed by atoms with Crippen LogP contribution in [0.2, 0.25) is 0 Å². The average Bonchev–Trinajstić information content (AvgIpc) is 2.62. The molecule has 0 aliphatic heterocycles. The summed E-state index contributed by atoms with van der Waals surface area (Å²) in [6.07, 6.45) is 6.80. The van der Waals surface area contributed by atoms with E-state index in [1.807, 2.05) is 12.1 Å². The number of carbonyl (C=O) groups excluding carboxylic acids is 2. The molecule has 0 radical (unpaired) electrons. The van der Waals surface area contributed by atoms with Gasteiger partial charge in [0.2, 0.25) is 5.91 Å². The van der Waals surface area contributed by atoms with E-state index < -0.39 is 0 Å². The van der Waals surface area contributed by atoms with Gasteiger partial charge in [0.15, 0.2) is 0 Å². The fourth-order valence-electron chi connectivity index (χ4n) is 5.51. The third kappa shape index (κ3) is 4.36. The molecule has 0 saturated heterocycles. The first kappa shape index (κ1) is 18.9. The van der Waals surface area contributed by atoms with Crippen molar-refractivity contribution in [3.05, 3.63) is 33.4 Å². The monoisotopic (exact) mass is 479 g/mol. The quantitative estimate of drug-likeness (QED) is 0.384. The Labute approximate surface area is 173 Å². The van der Waals surface area contributed by atoms with Crippen molar-refractivity contribution >= 4 is 40.1 Å². The Morgan fingerprint density at radius 1 is 1.11 bits per heavy atom. The average molecular weight is 479 g/mol. The van der Waals surface area contributed by atoms with E-state index in [1.54, 1.807) is 19.1 Å². The number of hydrazone groups is 1. The number of hydrogen-bond acceptors (Lipinski definition) is 3. The van der Waals surface area contributed by atoms with Crippen LogP contribution in [0.25, 0.3) is 0 Å². The lowest BCUT2D eigenvalue weighted by atomic mass is 9.54. The van der Waals surface area contributed by atoms with Gasteiger partial charge in [0.1, 0.15) is 0 Å². The van der Waals surface area contributed by atoms with Crippen LogP contribution in [-0.4, -0.2) is 23.6 Å². The Morgan fingerprint density at radius 3 is 2.41 bits per heavy atom. The van der Waals surface area contributed by atoms with Gasteiger partial charge in [-0.3, -0.25) is 9.59 Å². The van der Waals surface area contributed by atoms with Gasteiger partial charge in [-0.1, -0.05) is 6.07 Å². The number of amides is 2. The molecule has 4 aliphatic rings. The molecule has 2 amide bonds. The van der Waals surface area contributed by atoms with E-state index in [0.29, 0.717) is 29.2 Å². The van der Waals surface area contributed by atoms with Gasteiger partial charge in [-0.05, 0) is 103 Å². The van der Waals surface area contributed by atoms with E-state index in [-0.39, 0.29) is 18.2 Å². The Kier molecular flexibility index (Phi) is 5.53. The summed E-state index contributed by atoms with van der Waals surface area (Å²) < 4.78 is 0.996. The maximum absolute atomic E-state index is 12.5. The molecule has 0 unspecified atom stereocenters. The van der Waals surface area contributed by atoms with Crippen molar-refractivity contribution in [2.24, 2.45) is 28.8 Å². The second kappa shape index (κ2) is 7.89. The predicted molar refractivity (Wildman–Crippen MR) is 113 cm³/mol. The second-order valence-corrected chi connectivity index (χ2v) is 9.74. The van der Waals surface area contributed by atoms with Crippen LogP contribution in [0, 0.1) is 27.2 Å². The third-order valence-corrected chi connectivity index (χ3v) is 7.08. The molecule has 4 saturated carbocycles. The molecule has 4 aliphatic carbocycles. The highest BCUT2D eigenvalue weighted by Gasteiger charge is 2.48. The lowest BCUT2D eigenvalue weighted by molar-refractivity contribution is -0.123. The number of nitrogens with zero attached hydrogens (tertiary/aromatic N) is 1. The highest BCUT2D eigenvalue weighted by Crippen LogP contribution is 2.53. The normalized spacial score (nSPS) is 31.6. The molecule has 5 rings (SSSR count). The van der Waals surface area contributed by atoms with Gasteiger partial charge in [-0.2, -0.15) is 5.10 Å². The van der Waals surface area contributed by atoms with Crippen molar-refractivity contribution in [1.82, 2.24) is 10.7 Å². The molecule has 4 fully saturated rings. The van der Waals surface area contributed by atoms with Gasteiger partial charge < -0.3 is 5.32 Å². The zero-order valence-corrected chi connectivity index (χ0v) is 17.7. The standard InChI is InChI=1S/C21H26IN3O2/c1-12(24-25-21(27)15-3-2-4-18(22)11-15)5-19(26)23-20-16-7-13-6-14(9-16)10-17(20)8-13/h2-4,11,13-14,16-17,20H,5-10H2,1H3,(H,23,26)(H,25,27)/b24-12+. The summed E-state index contributed by atoms with van der Waals surface area (Å²) in [7, 11) is 0. The van der Waals surface area contributed by atoms with Crippen LogP contribution < -0.4 is 10.7 Å². The molecule has 2 N–H and O–H groups in total. The fourth-order valence-corrected chi connectivity index (χ4v) is 6.05. The molecule has 0 aromatic heterocycles. The molecule has 27 heavy (non-hydrogen) atoms. The van der Waals surface area contributed by atoms with Crippen molar-refractivity contribution in [3.63, 3.8) is 0 Å². The lowest BCUT2D eigenvalue weighted by Gasteiger charge is -2.54. The Bertz CT molecular complexity index is 748. The summed E-state index contributed by atoms with van der Waals surface area (Å²) in [4.78, 5) is 24.6. The molecule has 5 nitrogen and oxygen atoms in total. The van der Waals surface area contributed by atoms with Crippen molar-refractivity contribution < 1.29 is 9.59 Å². The molecule has 6 heteroatoms. The summed E-state index contributed by atoms with van der Waals surface area (Å²) >= 11 is 2.17. The Balaban J connectivity index is 1.29. The minimum atomic E-state index is -0.255. The van der Waals surface area contributed by atoms with Crippen LogP contribution >= 0.6 is 22.6 Å². The smallest absolute Gasteiger partial charge is 0.271 e. The Morgan fingerprint density at radius 2 is 1.78 bits per heavy atom. The molecule has 4 bridgehead atoms. The minimum Gasteiger partial charge on any atom is -0.352 e. The Hall–Kier alpha value is -1.44. The van der Waals surface area contributed by atoms with Crippen molar-refractivity contribution in [3.8, 4) is 0 Å². The van der Waals surface area contributed by atoms with E-state index in [4.69, 9.17) is 0 Å². The van der Waals surface area contributed by atoms with E-state index in [1.165, 1.54) is 32.1 Å². The van der Waals surface area contributed by atoms with Gasteiger partial charge in [0.25, 0.3) is 5.91 Å². The topological polar surface area (TPSA) is 70.6 Å². The first-order valence-corrected chi connectivity index (χ1v) is 10.9. The number of hydrogen-bond donors (Lipinski definition) is 2. The fraction of sp³-hybridized carbons (Fsp3) is 0.571. The minimum absolute atomic E-state index is 0.0252. The molecule has 1 aromatic rings. The van der Waals surface area contributed by atoms with E-state index in [9.17, 15) is 9.59 Å². The van der Waals surface area contributed by atoms with Gasteiger partial charge in [-0.25, -0.2) is 5.43 Å². The SMILES string of the molecule is C/C(CC(=O)NC1C2CC3CC(C2)CC1C3)=N\NC(=O)c1cccc(I)c1. The third-order valence-electron chi connectivity index (χ3n) is 6.41. The summed E-state index contributed by atoms with van der Waals surface area (Å²) in [6.45, 7) is 1.78. The molecular formula is C21H26IN3O2. The zero-order valence-electron chi connectivity index (χ0n) is 15.6. The van der Waals surface area contributed by atoms with Crippen molar-refractivity contribution in [1.29, 1.82) is 0 Å². The van der Waals surface area contributed by atoms with E-state index in [0.717, 1.165) is 15.4 Å². The molecular weight excluding hydrogens is 453 g/mol. The van der Waals surface area contributed by atoms with Gasteiger partial charge in [0.05, 0.1) is 6.42 Å². The van der Waals surface area contributed by atoms with E-state index in [2.05, 4.69) is 38.4 Å². The van der Waals surface area contributed by atoms with Crippen molar-refractivity contribution in [2.45, 2.75) is 51.5 Å². The summed E-state index contributed by atoms with van der Waals surface area (Å²) in [6, 6.07) is 7.67. The largest absolute Gasteiger partial charge is 0.352 e. The number of rotatable bonds is 5. The van der Waals surface area contributed by atoms with Crippen LogP contribution in [0.5, 0.6) is 0 Å². The van der Waals surface area contributed by atoms with Crippen LogP contribution in [0.4, 0.5) is 0 Å². The predicted octanol–water partition coefficient (Wildman–Crippen LogP) is 3.73. The number of halogens is 1. The summed E-state index contributed by atoms with van der Waals surface area (Å²) in [5.74, 6) is 2.91. The highest BCUT2D eigenvalue weighted by atomic mass is 127. The first-order valence-electron chi connectivity index (χ1n) is 9.86. The number of carbonyl (C=O) groups is 2. The lowest BCUT2D eigenvalue weighted by Crippen LogP contribution is -2.56. The maximum atomic E-state index is 12.5. The van der Waals surface area contributed by atoms with Crippen LogP contribution in [-0.2, 0) is 4.79 Å².